The van der Waals surface area contributed by atoms with Crippen molar-refractivity contribution in [2.75, 3.05) is 0 Å². The van der Waals surface area contributed by atoms with Crippen molar-refractivity contribution in [3.8, 4) is 0 Å². The second kappa shape index (κ2) is 4.72. The molecular formula is C13H13ClN2O. The molecule has 88 valence electrons. The molecule has 0 spiro atoms. The summed E-state index contributed by atoms with van der Waals surface area (Å²) in [6.07, 6.45) is 2.06. The van der Waals surface area contributed by atoms with Crippen molar-refractivity contribution in [2.24, 2.45) is 7.05 Å². The topological polar surface area (TPSA) is 34.9 Å². The largest absolute Gasteiger partial charge is 0.294 e. The Morgan fingerprint density at radius 2 is 2.12 bits per heavy atom. The van der Waals surface area contributed by atoms with Crippen LogP contribution in [-0.4, -0.2) is 15.6 Å². The van der Waals surface area contributed by atoms with Crippen LogP contribution in [0.5, 0.6) is 0 Å². The number of benzene rings is 1. The average Bonchev–Trinajstić information content (AvgIpc) is 2.61. The van der Waals surface area contributed by atoms with Gasteiger partial charge in [-0.25, -0.2) is 0 Å². The molecule has 1 aromatic heterocycles. The van der Waals surface area contributed by atoms with E-state index in [1.54, 1.807) is 24.0 Å². The molecule has 0 bridgehead atoms. The fraction of sp³-hybridized carbons (Fsp3) is 0.231. The minimum Gasteiger partial charge on any atom is -0.294 e. The highest BCUT2D eigenvalue weighted by Gasteiger charge is 2.14. The first kappa shape index (κ1) is 11.9. The third-order valence-corrected chi connectivity index (χ3v) is 2.99. The Bertz CT molecular complexity index is 560. The van der Waals surface area contributed by atoms with Crippen LogP contribution < -0.4 is 0 Å². The summed E-state index contributed by atoms with van der Waals surface area (Å²) in [6, 6.07) is 7.39. The van der Waals surface area contributed by atoms with E-state index < -0.39 is 0 Å². The average molecular weight is 249 g/mol. The molecule has 2 rings (SSSR count). The second-order valence-electron chi connectivity index (χ2n) is 3.99. The first-order valence-corrected chi connectivity index (χ1v) is 5.72. The summed E-state index contributed by atoms with van der Waals surface area (Å²) in [5.41, 5.74) is 2.26. The van der Waals surface area contributed by atoms with E-state index in [4.69, 9.17) is 11.6 Å². The van der Waals surface area contributed by atoms with Gasteiger partial charge >= 0.3 is 0 Å². The van der Waals surface area contributed by atoms with Crippen molar-refractivity contribution in [1.29, 1.82) is 0 Å². The van der Waals surface area contributed by atoms with Gasteiger partial charge in [-0.05, 0) is 18.6 Å². The van der Waals surface area contributed by atoms with E-state index in [0.29, 0.717) is 17.0 Å². The lowest BCUT2D eigenvalue weighted by Gasteiger charge is -2.02. The molecule has 0 aliphatic heterocycles. The Hall–Kier alpha value is -1.61. The van der Waals surface area contributed by atoms with E-state index in [9.17, 15) is 4.79 Å². The third-order valence-electron chi connectivity index (χ3n) is 2.62. The minimum atomic E-state index is 0.0451. The van der Waals surface area contributed by atoms with Crippen LogP contribution in [0.4, 0.5) is 0 Å². The molecule has 4 heteroatoms. The van der Waals surface area contributed by atoms with Crippen LogP contribution in [0, 0.1) is 6.92 Å². The number of rotatable bonds is 3. The van der Waals surface area contributed by atoms with Gasteiger partial charge in [0, 0.05) is 24.7 Å². The maximum atomic E-state index is 12.1. The highest BCUT2D eigenvalue weighted by molar-refractivity contribution is 6.31. The lowest BCUT2D eigenvalue weighted by Crippen LogP contribution is -2.04. The molecule has 0 aliphatic rings. The van der Waals surface area contributed by atoms with E-state index in [-0.39, 0.29) is 5.78 Å². The molecule has 0 saturated heterocycles. The summed E-state index contributed by atoms with van der Waals surface area (Å²) >= 11 is 6.03. The number of nitrogens with zero attached hydrogens (tertiary/aromatic N) is 2. The lowest BCUT2D eigenvalue weighted by atomic mass is 10.0. The van der Waals surface area contributed by atoms with Crippen LogP contribution in [-0.2, 0) is 13.5 Å². The van der Waals surface area contributed by atoms with E-state index in [1.165, 1.54) is 0 Å². The first-order valence-electron chi connectivity index (χ1n) is 5.35. The highest BCUT2D eigenvalue weighted by Crippen LogP contribution is 2.18. The van der Waals surface area contributed by atoms with Crippen molar-refractivity contribution in [3.05, 3.63) is 52.3 Å². The van der Waals surface area contributed by atoms with Crippen LogP contribution in [0.3, 0.4) is 0 Å². The minimum absolute atomic E-state index is 0.0451. The van der Waals surface area contributed by atoms with Crippen molar-refractivity contribution in [1.82, 2.24) is 9.78 Å². The number of Topliss-reactive ketones (excluding diaryl/α,β-unsaturated/α-hetero) is 1. The summed E-state index contributed by atoms with van der Waals surface area (Å²) < 4.78 is 1.65. The summed E-state index contributed by atoms with van der Waals surface area (Å²) in [4.78, 5) is 12.1. The molecule has 3 nitrogen and oxygen atoms in total. The summed E-state index contributed by atoms with van der Waals surface area (Å²) in [5, 5.41) is 4.79. The van der Waals surface area contributed by atoms with E-state index in [0.717, 1.165) is 11.3 Å². The fourth-order valence-corrected chi connectivity index (χ4v) is 1.99. The van der Waals surface area contributed by atoms with Crippen LogP contribution in [0.2, 0.25) is 5.02 Å². The van der Waals surface area contributed by atoms with Gasteiger partial charge in [-0.3, -0.25) is 9.48 Å². The van der Waals surface area contributed by atoms with Crippen molar-refractivity contribution in [3.63, 3.8) is 0 Å². The predicted octanol–water partition coefficient (Wildman–Crippen LogP) is 2.81. The molecule has 0 atom stereocenters. The Kier molecular flexibility index (Phi) is 3.29. The second-order valence-corrected chi connectivity index (χ2v) is 4.40. The van der Waals surface area contributed by atoms with E-state index in [2.05, 4.69) is 5.10 Å². The highest BCUT2D eigenvalue weighted by atomic mass is 35.5. The molecule has 0 N–H and O–H groups in total. The summed E-state index contributed by atoms with van der Waals surface area (Å²) in [5.74, 6) is 0.0451. The number of halogens is 1. The molecule has 0 fully saturated rings. The zero-order valence-corrected chi connectivity index (χ0v) is 10.5. The molecule has 0 radical (unpaired) electrons. The number of hydrogen-bond donors (Lipinski definition) is 0. The first-order chi connectivity index (χ1) is 8.08. The molecule has 0 aliphatic carbocycles. The Morgan fingerprint density at radius 3 is 2.71 bits per heavy atom. The van der Waals surface area contributed by atoms with Crippen molar-refractivity contribution >= 4 is 17.4 Å². The van der Waals surface area contributed by atoms with Gasteiger partial charge < -0.3 is 0 Å². The Balaban J connectivity index is 2.23. The van der Waals surface area contributed by atoms with Crippen molar-refractivity contribution in [2.45, 2.75) is 13.3 Å². The standard InChI is InChI=1S/C13H13ClN2O/c1-9-11(8-16(2)15-9)13(17)7-10-5-3-4-6-12(10)14/h3-6,8H,7H2,1-2H3. The normalized spacial score (nSPS) is 10.5. The maximum Gasteiger partial charge on any atom is 0.170 e. The number of carbonyl (C=O) groups is 1. The van der Waals surface area contributed by atoms with Crippen LogP contribution in [0.1, 0.15) is 21.6 Å². The SMILES string of the molecule is Cc1nn(C)cc1C(=O)Cc1ccccc1Cl. The molecule has 1 heterocycles. The van der Waals surface area contributed by atoms with E-state index in [1.807, 2.05) is 25.1 Å². The van der Waals surface area contributed by atoms with Gasteiger partial charge in [0.1, 0.15) is 0 Å². The number of ketones is 1. The molecule has 0 unspecified atom stereocenters. The number of aryl methyl sites for hydroxylation is 2. The number of hydrogen-bond acceptors (Lipinski definition) is 2. The quantitative estimate of drug-likeness (QED) is 0.783. The fourth-order valence-electron chi connectivity index (χ4n) is 1.78. The van der Waals surface area contributed by atoms with Crippen LogP contribution >= 0.6 is 11.6 Å². The van der Waals surface area contributed by atoms with Gasteiger partial charge in [-0.15, -0.1) is 0 Å². The van der Waals surface area contributed by atoms with Gasteiger partial charge in [0.25, 0.3) is 0 Å². The molecule has 0 saturated carbocycles. The summed E-state index contributed by atoms with van der Waals surface area (Å²) in [6.45, 7) is 1.83. The molecule has 0 amide bonds. The monoisotopic (exact) mass is 248 g/mol. The molecule has 1 aromatic carbocycles. The van der Waals surface area contributed by atoms with Gasteiger partial charge in [0.15, 0.2) is 5.78 Å². The number of carbonyl (C=O) groups excluding carboxylic acids is 1. The Morgan fingerprint density at radius 1 is 1.41 bits per heavy atom. The smallest absolute Gasteiger partial charge is 0.170 e. The van der Waals surface area contributed by atoms with E-state index >= 15 is 0 Å². The Labute approximate surface area is 105 Å². The van der Waals surface area contributed by atoms with Gasteiger partial charge in [0.2, 0.25) is 0 Å². The molecular weight excluding hydrogens is 236 g/mol. The zero-order chi connectivity index (χ0) is 12.4. The molecule has 17 heavy (non-hydrogen) atoms. The third kappa shape index (κ3) is 2.56. The van der Waals surface area contributed by atoms with Gasteiger partial charge in [-0.1, -0.05) is 29.8 Å². The van der Waals surface area contributed by atoms with Crippen LogP contribution in [0.25, 0.3) is 0 Å². The lowest BCUT2D eigenvalue weighted by molar-refractivity contribution is 0.0992. The maximum absolute atomic E-state index is 12.1. The van der Waals surface area contributed by atoms with Gasteiger partial charge in [-0.2, -0.15) is 5.10 Å². The zero-order valence-electron chi connectivity index (χ0n) is 9.77. The summed E-state index contributed by atoms with van der Waals surface area (Å²) in [7, 11) is 1.80. The van der Waals surface area contributed by atoms with Crippen molar-refractivity contribution < 1.29 is 4.79 Å². The predicted molar refractivity (Wildman–Crippen MR) is 67.4 cm³/mol. The van der Waals surface area contributed by atoms with Crippen LogP contribution in [0.15, 0.2) is 30.5 Å². The van der Waals surface area contributed by atoms with Gasteiger partial charge in [0.05, 0.1) is 11.3 Å². The molecule has 2 aromatic rings. The number of aromatic nitrogens is 2.